The van der Waals surface area contributed by atoms with Crippen LogP contribution in [0.2, 0.25) is 5.02 Å². The molecule has 0 atom stereocenters. The first-order valence-corrected chi connectivity index (χ1v) is 6.10. The number of nitrogens with two attached hydrogens (primary N) is 2. The smallest absolute Gasteiger partial charge is 0.248 e. The average molecular weight is 293 g/mol. The molecule has 1 amide bonds. The van der Waals surface area contributed by atoms with Crippen molar-refractivity contribution >= 4 is 23.2 Å². The lowest BCUT2D eigenvalue weighted by Crippen LogP contribution is -2.10. The van der Waals surface area contributed by atoms with Crippen molar-refractivity contribution in [3.63, 3.8) is 0 Å². The number of ether oxygens (including phenoxy) is 2. The van der Waals surface area contributed by atoms with E-state index in [1.165, 1.54) is 13.2 Å². The lowest BCUT2D eigenvalue weighted by Gasteiger charge is -2.12. The second-order valence-electron chi connectivity index (χ2n) is 4.01. The van der Waals surface area contributed by atoms with Crippen molar-refractivity contribution in [2.24, 2.45) is 5.73 Å². The summed E-state index contributed by atoms with van der Waals surface area (Å²) in [5, 5.41) is 0.502. The fourth-order valence-electron chi connectivity index (χ4n) is 1.62. The Kier molecular flexibility index (Phi) is 4.00. The van der Waals surface area contributed by atoms with Gasteiger partial charge >= 0.3 is 0 Å². The van der Waals surface area contributed by atoms with E-state index < -0.39 is 5.91 Å². The number of hydrogen-bond acceptors (Lipinski definition) is 4. The van der Waals surface area contributed by atoms with Gasteiger partial charge in [-0.15, -0.1) is 0 Å². The molecule has 0 radical (unpaired) electrons. The van der Waals surface area contributed by atoms with Gasteiger partial charge < -0.3 is 20.9 Å². The van der Waals surface area contributed by atoms with Crippen LogP contribution in [-0.4, -0.2) is 13.0 Å². The highest BCUT2D eigenvalue weighted by molar-refractivity contribution is 6.30. The molecule has 6 heteroatoms. The van der Waals surface area contributed by atoms with Crippen LogP contribution in [0, 0.1) is 0 Å². The molecule has 0 saturated carbocycles. The number of halogens is 1. The molecule has 104 valence electrons. The number of primary amides is 1. The van der Waals surface area contributed by atoms with Crippen LogP contribution in [-0.2, 0) is 0 Å². The van der Waals surface area contributed by atoms with Crippen LogP contribution in [0.15, 0.2) is 36.4 Å². The molecule has 0 aliphatic heterocycles. The molecular weight excluding hydrogens is 280 g/mol. The van der Waals surface area contributed by atoms with Crippen molar-refractivity contribution < 1.29 is 14.3 Å². The van der Waals surface area contributed by atoms with Crippen LogP contribution in [0.1, 0.15) is 10.4 Å². The maximum atomic E-state index is 11.1. The molecule has 5 nitrogen and oxygen atoms in total. The first kappa shape index (κ1) is 14.0. The average Bonchev–Trinajstić information content (AvgIpc) is 2.43. The minimum atomic E-state index is -0.544. The summed E-state index contributed by atoms with van der Waals surface area (Å²) < 4.78 is 10.8. The third kappa shape index (κ3) is 2.95. The monoisotopic (exact) mass is 292 g/mol. The summed E-state index contributed by atoms with van der Waals surface area (Å²) >= 11 is 5.90. The summed E-state index contributed by atoms with van der Waals surface area (Å²) in [6, 6.07) is 9.52. The summed E-state index contributed by atoms with van der Waals surface area (Å²) in [5.74, 6) is 0.645. The molecule has 4 N–H and O–H groups in total. The SMILES string of the molecule is COc1cc(C(N)=O)ccc1Oc1cc(Cl)ccc1N. The van der Waals surface area contributed by atoms with E-state index in [-0.39, 0.29) is 0 Å². The number of hydrogen-bond donors (Lipinski definition) is 2. The molecule has 0 aliphatic carbocycles. The van der Waals surface area contributed by atoms with Crippen LogP contribution in [0.5, 0.6) is 17.2 Å². The standard InChI is InChI=1S/C14H13ClN2O3/c1-19-13-6-8(14(17)18)2-5-11(13)20-12-7-9(15)3-4-10(12)16/h2-7H,16H2,1H3,(H2,17,18). The fourth-order valence-corrected chi connectivity index (χ4v) is 1.78. The van der Waals surface area contributed by atoms with Crippen molar-refractivity contribution in [2.45, 2.75) is 0 Å². The van der Waals surface area contributed by atoms with Gasteiger partial charge in [0.2, 0.25) is 5.91 Å². The Balaban J connectivity index is 2.38. The maximum Gasteiger partial charge on any atom is 0.248 e. The molecular formula is C14H13ClN2O3. The summed E-state index contributed by atoms with van der Waals surface area (Å²) in [6.07, 6.45) is 0. The highest BCUT2D eigenvalue weighted by Gasteiger charge is 2.11. The molecule has 2 aromatic carbocycles. The zero-order chi connectivity index (χ0) is 14.7. The second kappa shape index (κ2) is 5.71. The van der Waals surface area contributed by atoms with E-state index >= 15 is 0 Å². The Labute approximate surface area is 121 Å². The Hall–Kier alpha value is -2.40. The second-order valence-corrected chi connectivity index (χ2v) is 4.45. The van der Waals surface area contributed by atoms with Crippen molar-refractivity contribution in [3.05, 3.63) is 47.0 Å². The number of benzene rings is 2. The highest BCUT2D eigenvalue weighted by atomic mass is 35.5. The van der Waals surface area contributed by atoms with Crippen LogP contribution >= 0.6 is 11.6 Å². The zero-order valence-corrected chi connectivity index (χ0v) is 11.5. The Morgan fingerprint density at radius 3 is 2.50 bits per heavy atom. The van der Waals surface area contributed by atoms with Gasteiger partial charge in [-0.2, -0.15) is 0 Å². The molecule has 0 bridgehead atoms. The van der Waals surface area contributed by atoms with Gasteiger partial charge in [-0.1, -0.05) is 11.6 Å². The van der Waals surface area contributed by atoms with E-state index in [0.717, 1.165) is 0 Å². The number of carbonyl (C=O) groups is 1. The number of anilines is 1. The first-order chi connectivity index (χ1) is 9.51. The number of amides is 1. The summed E-state index contributed by atoms with van der Waals surface area (Å²) in [7, 11) is 1.47. The predicted molar refractivity (Wildman–Crippen MR) is 77.5 cm³/mol. The molecule has 20 heavy (non-hydrogen) atoms. The van der Waals surface area contributed by atoms with Gasteiger partial charge in [0, 0.05) is 16.7 Å². The van der Waals surface area contributed by atoms with Crippen molar-refractivity contribution in [1.29, 1.82) is 0 Å². The Bertz CT molecular complexity index is 659. The van der Waals surface area contributed by atoms with Crippen molar-refractivity contribution in [1.82, 2.24) is 0 Å². The third-order valence-electron chi connectivity index (χ3n) is 2.64. The van der Waals surface area contributed by atoms with Gasteiger partial charge in [0.25, 0.3) is 0 Å². The van der Waals surface area contributed by atoms with Crippen LogP contribution in [0.25, 0.3) is 0 Å². The summed E-state index contributed by atoms with van der Waals surface area (Å²) in [6.45, 7) is 0. The number of methoxy groups -OCH3 is 1. The van der Waals surface area contributed by atoms with E-state index in [2.05, 4.69) is 0 Å². The number of nitrogen functional groups attached to an aromatic ring is 1. The van der Waals surface area contributed by atoms with Gasteiger partial charge in [0.1, 0.15) is 0 Å². The lowest BCUT2D eigenvalue weighted by atomic mass is 10.2. The van der Waals surface area contributed by atoms with Crippen molar-refractivity contribution in [2.75, 3.05) is 12.8 Å². The minimum absolute atomic E-state index is 0.327. The molecule has 0 spiro atoms. The quantitative estimate of drug-likeness (QED) is 0.848. The molecule has 0 fully saturated rings. The number of carbonyl (C=O) groups excluding carboxylic acids is 1. The van der Waals surface area contributed by atoms with Gasteiger partial charge in [-0.3, -0.25) is 4.79 Å². The molecule has 0 unspecified atom stereocenters. The predicted octanol–water partition coefficient (Wildman–Crippen LogP) is 2.82. The van der Waals surface area contributed by atoms with E-state index in [1.807, 2.05) is 0 Å². The van der Waals surface area contributed by atoms with E-state index in [4.69, 9.17) is 32.5 Å². The van der Waals surface area contributed by atoms with E-state index in [9.17, 15) is 4.79 Å². The van der Waals surface area contributed by atoms with Crippen molar-refractivity contribution in [3.8, 4) is 17.2 Å². The topological polar surface area (TPSA) is 87.6 Å². The molecule has 2 rings (SSSR count). The molecule has 0 heterocycles. The van der Waals surface area contributed by atoms with Gasteiger partial charge in [-0.05, 0) is 30.3 Å². The maximum absolute atomic E-state index is 11.1. The van der Waals surface area contributed by atoms with E-state index in [0.29, 0.717) is 33.5 Å². The van der Waals surface area contributed by atoms with E-state index in [1.54, 1.807) is 30.3 Å². The summed E-state index contributed by atoms with van der Waals surface area (Å²) in [5.41, 5.74) is 11.8. The lowest BCUT2D eigenvalue weighted by molar-refractivity contribution is 0.1000. The third-order valence-corrected chi connectivity index (χ3v) is 2.88. The Morgan fingerprint density at radius 1 is 1.10 bits per heavy atom. The van der Waals surface area contributed by atoms with Crippen LogP contribution < -0.4 is 20.9 Å². The largest absolute Gasteiger partial charge is 0.493 e. The minimum Gasteiger partial charge on any atom is -0.493 e. The zero-order valence-electron chi connectivity index (χ0n) is 10.7. The normalized spacial score (nSPS) is 10.1. The van der Waals surface area contributed by atoms with Gasteiger partial charge in [0.05, 0.1) is 12.8 Å². The number of rotatable bonds is 4. The van der Waals surface area contributed by atoms with Crippen LogP contribution in [0.4, 0.5) is 5.69 Å². The Morgan fingerprint density at radius 2 is 1.85 bits per heavy atom. The molecule has 0 saturated heterocycles. The first-order valence-electron chi connectivity index (χ1n) is 5.72. The molecule has 2 aromatic rings. The fraction of sp³-hybridized carbons (Fsp3) is 0.0714. The van der Waals surface area contributed by atoms with Gasteiger partial charge in [0.15, 0.2) is 17.2 Å². The summed E-state index contributed by atoms with van der Waals surface area (Å²) in [4.78, 5) is 11.1. The van der Waals surface area contributed by atoms with Gasteiger partial charge in [-0.25, -0.2) is 0 Å². The highest BCUT2D eigenvalue weighted by Crippen LogP contribution is 2.35. The molecule has 0 aliphatic rings. The van der Waals surface area contributed by atoms with Crippen LogP contribution in [0.3, 0.4) is 0 Å². The molecule has 0 aromatic heterocycles.